The minimum absolute atomic E-state index is 0.00741. The lowest BCUT2D eigenvalue weighted by Gasteiger charge is -2.58. The molecular weight excluding hydrogens is 340 g/mol. The molecule has 0 aromatic rings. The minimum Gasteiger partial charge on any atom is -0.451 e. The molecule has 0 radical (unpaired) electrons. The van der Waals surface area contributed by atoms with Crippen molar-refractivity contribution in [3.63, 3.8) is 0 Å². The number of esters is 1. The summed E-state index contributed by atoms with van der Waals surface area (Å²) in [6.45, 7) is 7.54. The first-order chi connectivity index (χ1) is 12.7. The van der Waals surface area contributed by atoms with Gasteiger partial charge in [-0.2, -0.15) is 0 Å². The van der Waals surface area contributed by atoms with Gasteiger partial charge in [-0.1, -0.05) is 19.4 Å². The molecule has 0 spiro atoms. The molecule has 4 rings (SSSR count). The summed E-state index contributed by atoms with van der Waals surface area (Å²) < 4.78 is 5.84. The molecule has 4 aliphatic rings. The fraction of sp³-hybridized carbons (Fsp3) is 0.783. The van der Waals surface area contributed by atoms with E-state index in [1.54, 1.807) is 6.92 Å². The van der Waals surface area contributed by atoms with Crippen molar-refractivity contribution in [2.45, 2.75) is 78.2 Å². The number of fused-ring (bicyclic) bond motifs is 5. The number of ether oxygens (including phenoxy) is 1. The second-order valence-electron chi connectivity index (χ2n) is 9.83. The van der Waals surface area contributed by atoms with E-state index in [9.17, 15) is 14.4 Å². The lowest BCUT2D eigenvalue weighted by Crippen LogP contribution is -2.59. The SMILES string of the molecule is CC(=O)O[C@]1(C(C)=O)CC[C@H]2[C@@H]3CCC4=CC(=O)CC[C@@H]4[C@H]3[C@@H](C)C[C@@]21C. The first-order valence-corrected chi connectivity index (χ1v) is 10.6. The van der Waals surface area contributed by atoms with E-state index < -0.39 is 5.60 Å². The summed E-state index contributed by atoms with van der Waals surface area (Å²) in [5.41, 5.74) is 0.136. The van der Waals surface area contributed by atoms with Gasteiger partial charge in [0.25, 0.3) is 0 Å². The van der Waals surface area contributed by atoms with Crippen molar-refractivity contribution in [2.24, 2.45) is 35.0 Å². The number of hydrogen-bond donors (Lipinski definition) is 0. The summed E-state index contributed by atoms with van der Waals surface area (Å²) >= 11 is 0. The summed E-state index contributed by atoms with van der Waals surface area (Å²) in [6, 6.07) is 0. The summed E-state index contributed by atoms with van der Waals surface area (Å²) in [4.78, 5) is 36.6. The number of allylic oxidation sites excluding steroid dienone is 1. The number of hydrogen-bond acceptors (Lipinski definition) is 4. The molecule has 0 aliphatic heterocycles. The first kappa shape index (κ1) is 18.9. The van der Waals surface area contributed by atoms with Gasteiger partial charge in [0.05, 0.1) is 0 Å². The molecule has 4 nitrogen and oxygen atoms in total. The standard InChI is InChI=1S/C23H32O4/c1-13-12-22(4)20(9-10-23(22,14(2)24)27-15(3)25)19-7-5-16-11-17(26)6-8-18(16)21(13)19/h11,13,18-21H,5-10,12H2,1-4H3/t13-,18-,19-,20-,21+,22-,23-/m0/s1. The highest BCUT2D eigenvalue weighted by molar-refractivity contribution is 5.91. The van der Waals surface area contributed by atoms with Gasteiger partial charge in [-0.25, -0.2) is 0 Å². The highest BCUT2D eigenvalue weighted by Gasteiger charge is 2.67. The lowest BCUT2D eigenvalue weighted by atomic mass is 9.47. The molecule has 0 aromatic carbocycles. The van der Waals surface area contributed by atoms with Gasteiger partial charge in [-0.3, -0.25) is 14.4 Å². The topological polar surface area (TPSA) is 60.4 Å². The Morgan fingerprint density at radius 1 is 1.15 bits per heavy atom. The molecule has 27 heavy (non-hydrogen) atoms. The van der Waals surface area contributed by atoms with E-state index in [2.05, 4.69) is 13.8 Å². The smallest absolute Gasteiger partial charge is 0.303 e. The van der Waals surface area contributed by atoms with Crippen molar-refractivity contribution in [2.75, 3.05) is 0 Å². The molecule has 3 fully saturated rings. The van der Waals surface area contributed by atoms with Crippen molar-refractivity contribution in [3.8, 4) is 0 Å². The maximum Gasteiger partial charge on any atom is 0.303 e. The van der Waals surface area contributed by atoms with Gasteiger partial charge in [0, 0.05) is 18.8 Å². The molecule has 0 unspecified atom stereocenters. The van der Waals surface area contributed by atoms with Crippen LogP contribution in [-0.4, -0.2) is 23.1 Å². The normalized spacial score (nSPS) is 46.0. The van der Waals surface area contributed by atoms with Crippen molar-refractivity contribution in [3.05, 3.63) is 11.6 Å². The first-order valence-electron chi connectivity index (χ1n) is 10.6. The number of carbonyl (C=O) groups excluding carboxylic acids is 3. The maximum absolute atomic E-state index is 12.8. The molecule has 0 heterocycles. The van der Waals surface area contributed by atoms with Gasteiger partial charge in [0.1, 0.15) is 0 Å². The predicted octanol–water partition coefficient (Wildman–Crippen LogP) is 4.27. The third-order valence-corrected chi connectivity index (χ3v) is 8.60. The summed E-state index contributed by atoms with van der Waals surface area (Å²) in [5, 5.41) is 0. The van der Waals surface area contributed by atoms with Crippen LogP contribution in [0.25, 0.3) is 0 Å². The summed E-state index contributed by atoms with van der Waals surface area (Å²) in [6.07, 6.45) is 8.24. The van der Waals surface area contributed by atoms with Crippen molar-refractivity contribution in [1.82, 2.24) is 0 Å². The van der Waals surface area contributed by atoms with Crippen LogP contribution < -0.4 is 0 Å². The Hall–Kier alpha value is -1.45. The predicted molar refractivity (Wildman–Crippen MR) is 102 cm³/mol. The Kier molecular flexibility index (Phi) is 4.40. The Balaban J connectivity index is 1.71. The monoisotopic (exact) mass is 372 g/mol. The van der Waals surface area contributed by atoms with Crippen molar-refractivity contribution >= 4 is 17.5 Å². The summed E-state index contributed by atoms with van der Waals surface area (Å²) in [7, 11) is 0. The van der Waals surface area contributed by atoms with Gasteiger partial charge in [-0.15, -0.1) is 0 Å². The van der Waals surface area contributed by atoms with E-state index >= 15 is 0 Å². The van der Waals surface area contributed by atoms with Crippen molar-refractivity contribution < 1.29 is 19.1 Å². The molecule has 0 saturated heterocycles. The minimum atomic E-state index is -0.957. The molecule has 7 atom stereocenters. The van der Waals surface area contributed by atoms with Crippen LogP contribution in [0.4, 0.5) is 0 Å². The van der Waals surface area contributed by atoms with Crippen LogP contribution >= 0.6 is 0 Å². The van der Waals surface area contributed by atoms with Crippen LogP contribution in [0.5, 0.6) is 0 Å². The Morgan fingerprint density at radius 2 is 1.89 bits per heavy atom. The van der Waals surface area contributed by atoms with Crippen LogP contribution in [0.3, 0.4) is 0 Å². The molecule has 0 aromatic heterocycles. The van der Waals surface area contributed by atoms with Gasteiger partial charge in [0.15, 0.2) is 17.2 Å². The Morgan fingerprint density at radius 3 is 2.56 bits per heavy atom. The lowest BCUT2D eigenvalue weighted by molar-refractivity contribution is -0.189. The molecular formula is C23H32O4. The third kappa shape index (κ3) is 2.58. The van der Waals surface area contributed by atoms with E-state index in [4.69, 9.17) is 4.74 Å². The van der Waals surface area contributed by atoms with E-state index in [-0.39, 0.29) is 17.2 Å². The molecule has 3 saturated carbocycles. The number of Topliss-reactive ketones (excluding diaryl/α,β-unsaturated/α-hetero) is 1. The average molecular weight is 373 g/mol. The number of ketones is 2. The zero-order chi connectivity index (χ0) is 19.6. The Labute approximate surface area is 162 Å². The van der Waals surface area contributed by atoms with E-state index in [0.29, 0.717) is 48.2 Å². The van der Waals surface area contributed by atoms with E-state index in [1.165, 1.54) is 12.5 Å². The van der Waals surface area contributed by atoms with Crippen LogP contribution in [0, 0.1) is 35.0 Å². The molecule has 4 heteroatoms. The molecule has 0 amide bonds. The van der Waals surface area contributed by atoms with Gasteiger partial charge < -0.3 is 4.74 Å². The Bertz CT molecular complexity index is 722. The largest absolute Gasteiger partial charge is 0.451 e. The van der Waals surface area contributed by atoms with Crippen molar-refractivity contribution in [1.29, 1.82) is 0 Å². The fourth-order valence-corrected chi connectivity index (χ4v) is 7.81. The highest BCUT2D eigenvalue weighted by atomic mass is 16.6. The van der Waals surface area contributed by atoms with Crippen LogP contribution in [-0.2, 0) is 19.1 Å². The van der Waals surface area contributed by atoms with Gasteiger partial charge >= 0.3 is 5.97 Å². The van der Waals surface area contributed by atoms with Crippen LogP contribution in [0.1, 0.15) is 72.6 Å². The highest BCUT2D eigenvalue weighted by Crippen LogP contribution is 2.67. The molecule has 148 valence electrons. The van der Waals surface area contributed by atoms with Crippen LogP contribution in [0.15, 0.2) is 11.6 Å². The molecule has 4 aliphatic carbocycles. The van der Waals surface area contributed by atoms with E-state index in [1.807, 2.05) is 6.08 Å². The van der Waals surface area contributed by atoms with Gasteiger partial charge in [0.2, 0.25) is 0 Å². The number of carbonyl (C=O) groups is 3. The third-order valence-electron chi connectivity index (χ3n) is 8.60. The maximum atomic E-state index is 12.8. The zero-order valence-corrected chi connectivity index (χ0v) is 17.0. The van der Waals surface area contributed by atoms with Crippen LogP contribution in [0.2, 0.25) is 0 Å². The average Bonchev–Trinajstić information content (AvgIpc) is 2.87. The van der Waals surface area contributed by atoms with Gasteiger partial charge in [-0.05, 0) is 81.1 Å². The quantitative estimate of drug-likeness (QED) is 0.679. The molecule has 0 bridgehead atoms. The number of rotatable bonds is 2. The molecule has 0 N–H and O–H groups in total. The second-order valence-corrected chi connectivity index (χ2v) is 9.83. The van der Waals surface area contributed by atoms with E-state index in [0.717, 1.165) is 32.1 Å². The second kappa shape index (κ2) is 6.28. The zero-order valence-electron chi connectivity index (χ0n) is 17.0. The summed E-state index contributed by atoms with van der Waals surface area (Å²) in [5.74, 6) is 2.52. The fourth-order valence-electron chi connectivity index (χ4n) is 7.81.